The van der Waals surface area contributed by atoms with Crippen LogP contribution in [-0.4, -0.2) is 41.0 Å². The van der Waals surface area contributed by atoms with Crippen LogP contribution in [0.3, 0.4) is 0 Å². The number of piperidine rings is 1. The molecule has 9 heteroatoms. The first-order valence-electron chi connectivity index (χ1n) is 9.08. The van der Waals surface area contributed by atoms with Gasteiger partial charge >= 0.3 is 6.03 Å². The minimum Gasteiger partial charge on any atom is -0.454 e. The number of nitrogens with zero attached hydrogens (tertiary/aromatic N) is 3. The van der Waals surface area contributed by atoms with E-state index < -0.39 is 0 Å². The first-order valence-corrected chi connectivity index (χ1v) is 10.0. The molecule has 1 saturated heterocycles. The van der Waals surface area contributed by atoms with Crippen LogP contribution in [0.25, 0.3) is 11.5 Å². The monoisotopic (exact) mass is 398 g/mol. The maximum atomic E-state index is 12.7. The summed E-state index contributed by atoms with van der Waals surface area (Å²) < 4.78 is 16.5. The van der Waals surface area contributed by atoms with Crippen molar-refractivity contribution >= 4 is 23.1 Å². The molecule has 4 heterocycles. The molecule has 1 atom stereocenters. The van der Waals surface area contributed by atoms with Crippen LogP contribution in [0.4, 0.5) is 10.5 Å². The summed E-state index contributed by atoms with van der Waals surface area (Å²) in [5.74, 6) is 2.48. The second-order valence-corrected chi connectivity index (χ2v) is 7.52. The highest BCUT2D eigenvalue weighted by atomic mass is 32.1. The Morgan fingerprint density at radius 2 is 2.14 bits per heavy atom. The highest BCUT2D eigenvalue weighted by molar-refractivity contribution is 7.08. The number of rotatable bonds is 3. The number of carbonyl (C=O) groups is 1. The average molecular weight is 398 g/mol. The Bertz CT molecular complexity index is 988. The van der Waals surface area contributed by atoms with Crippen molar-refractivity contribution in [2.24, 2.45) is 0 Å². The summed E-state index contributed by atoms with van der Waals surface area (Å²) in [5, 5.41) is 15.2. The number of likely N-dealkylation sites (tertiary alicyclic amines) is 1. The number of thiophene rings is 1. The highest BCUT2D eigenvalue weighted by Gasteiger charge is 2.29. The Balaban J connectivity index is 1.26. The van der Waals surface area contributed by atoms with Crippen molar-refractivity contribution in [3.63, 3.8) is 0 Å². The SMILES string of the molecule is O=C(Nc1ccc2c(c1)OCO2)N1CCCC(c2nnc(-c3ccsc3)o2)C1. The Morgan fingerprint density at radius 1 is 1.21 bits per heavy atom. The van der Waals surface area contributed by atoms with Crippen LogP contribution in [0.1, 0.15) is 24.7 Å². The largest absolute Gasteiger partial charge is 0.454 e. The van der Waals surface area contributed by atoms with Gasteiger partial charge in [-0.25, -0.2) is 4.79 Å². The topological polar surface area (TPSA) is 89.7 Å². The lowest BCUT2D eigenvalue weighted by Gasteiger charge is -2.31. The average Bonchev–Trinajstić information content (AvgIpc) is 3.48. The third-order valence-electron chi connectivity index (χ3n) is 4.89. The molecule has 1 unspecified atom stereocenters. The second kappa shape index (κ2) is 7.16. The number of hydrogen-bond acceptors (Lipinski definition) is 7. The number of ether oxygens (including phenoxy) is 2. The molecule has 28 heavy (non-hydrogen) atoms. The zero-order valence-electron chi connectivity index (χ0n) is 15.0. The molecular formula is C19H18N4O4S. The maximum absolute atomic E-state index is 12.7. The molecule has 3 aromatic rings. The van der Waals surface area contributed by atoms with Crippen molar-refractivity contribution in [3.8, 4) is 23.0 Å². The zero-order valence-corrected chi connectivity index (χ0v) is 15.8. The second-order valence-electron chi connectivity index (χ2n) is 6.74. The number of benzene rings is 1. The summed E-state index contributed by atoms with van der Waals surface area (Å²) in [6.07, 6.45) is 1.80. The molecule has 0 radical (unpaired) electrons. The zero-order chi connectivity index (χ0) is 18.9. The molecule has 0 aliphatic carbocycles. The quantitative estimate of drug-likeness (QED) is 0.719. The smallest absolute Gasteiger partial charge is 0.321 e. The number of urea groups is 1. The van der Waals surface area contributed by atoms with E-state index in [2.05, 4.69) is 15.5 Å². The number of nitrogens with one attached hydrogen (secondary N) is 1. The van der Waals surface area contributed by atoms with Gasteiger partial charge in [0.2, 0.25) is 18.6 Å². The van der Waals surface area contributed by atoms with E-state index in [1.54, 1.807) is 34.4 Å². The molecule has 5 rings (SSSR count). The van der Waals surface area contributed by atoms with Crippen LogP contribution in [-0.2, 0) is 0 Å². The maximum Gasteiger partial charge on any atom is 0.321 e. The molecule has 1 N–H and O–H groups in total. The number of fused-ring (bicyclic) bond motifs is 1. The number of amides is 2. The predicted molar refractivity (Wildman–Crippen MR) is 103 cm³/mol. The van der Waals surface area contributed by atoms with Crippen LogP contribution >= 0.6 is 11.3 Å². The van der Waals surface area contributed by atoms with Gasteiger partial charge in [-0.3, -0.25) is 0 Å². The number of hydrogen-bond donors (Lipinski definition) is 1. The van der Waals surface area contributed by atoms with Crippen LogP contribution in [0.15, 0.2) is 39.4 Å². The van der Waals surface area contributed by atoms with E-state index in [0.29, 0.717) is 42.1 Å². The van der Waals surface area contributed by atoms with Gasteiger partial charge in [0.15, 0.2) is 11.5 Å². The molecule has 0 saturated carbocycles. The molecule has 8 nitrogen and oxygen atoms in total. The molecule has 1 aromatic carbocycles. The minimum atomic E-state index is -0.152. The number of aromatic nitrogens is 2. The molecule has 2 aliphatic rings. The van der Waals surface area contributed by atoms with Crippen molar-refractivity contribution in [2.45, 2.75) is 18.8 Å². The van der Waals surface area contributed by atoms with Crippen LogP contribution in [0.2, 0.25) is 0 Å². The van der Waals surface area contributed by atoms with Gasteiger partial charge in [-0.15, -0.1) is 10.2 Å². The third kappa shape index (κ3) is 3.29. The normalized spacial score (nSPS) is 18.3. The summed E-state index contributed by atoms with van der Waals surface area (Å²) in [4.78, 5) is 14.5. The third-order valence-corrected chi connectivity index (χ3v) is 5.57. The van der Waals surface area contributed by atoms with Crippen molar-refractivity contribution < 1.29 is 18.7 Å². The molecule has 144 valence electrons. The molecule has 2 amide bonds. The summed E-state index contributed by atoms with van der Waals surface area (Å²) in [7, 11) is 0. The van der Waals surface area contributed by atoms with E-state index in [1.165, 1.54) is 0 Å². The van der Waals surface area contributed by atoms with Crippen molar-refractivity contribution in [1.82, 2.24) is 15.1 Å². The van der Waals surface area contributed by atoms with Gasteiger partial charge in [-0.2, -0.15) is 11.3 Å². The Hall–Kier alpha value is -3.07. The number of carbonyl (C=O) groups excluding carboxylic acids is 1. The summed E-state index contributed by atoms with van der Waals surface area (Å²) in [6, 6.07) is 7.17. The standard InChI is InChI=1S/C19H18N4O4S/c24-19(20-14-3-4-15-16(8-14)26-11-25-15)23-6-1-2-12(9-23)17-21-22-18(27-17)13-5-7-28-10-13/h3-5,7-8,10,12H,1-2,6,9,11H2,(H,20,24). The number of anilines is 1. The fourth-order valence-corrected chi connectivity index (χ4v) is 4.07. The van der Waals surface area contributed by atoms with E-state index in [0.717, 1.165) is 18.4 Å². The molecule has 2 aromatic heterocycles. The first-order chi connectivity index (χ1) is 13.8. The van der Waals surface area contributed by atoms with Crippen LogP contribution in [0.5, 0.6) is 11.5 Å². The van der Waals surface area contributed by atoms with E-state index in [1.807, 2.05) is 16.8 Å². The Labute approximate surface area is 165 Å². The van der Waals surface area contributed by atoms with Gasteiger partial charge in [0.05, 0.1) is 5.92 Å². The van der Waals surface area contributed by atoms with Crippen LogP contribution < -0.4 is 14.8 Å². The van der Waals surface area contributed by atoms with Crippen molar-refractivity contribution in [2.75, 3.05) is 25.2 Å². The molecule has 0 bridgehead atoms. The van der Waals surface area contributed by atoms with Gasteiger partial charge in [0.25, 0.3) is 0 Å². The van der Waals surface area contributed by atoms with Gasteiger partial charge < -0.3 is 24.1 Å². The summed E-state index contributed by atoms with van der Waals surface area (Å²) in [6.45, 7) is 1.44. The van der Waals surface area contributed by atoms with E-state index in [-0.39, 0.29) is 18.7 Å². The molecule has 2 aliphatic heterocycles. The van der Waals surface area contributed by atoms with Gasteiger partial charge in [-0.1, -0.05) is 0 Å². The van der Waals surface area contributed by atoms with Crippen molar-refractivity contribution in [1.29, 1.82) is 0 Å². The van der Waals surface area contributed by atoms with E-state index >= 15 is 0 Å². The van der Waals surface area contributed by atoms with Crippen LogP contribution in [0, 0.1) is 0 Å². The minimum absolute atomic E-state index is 0.0381. The Kier molecular flexibility index (Phi) is 4.36. The fraction of sp³-hybridized carbons (Fsp3) is 0.316. The molecule has 1 fully saturated rings. The van der Waals surface area contributed by atoms with Gasteiger partial charge in [0, 0.05) is 35.8 Å². The lowest BCUT2D eigenvalue weighted by atomic mass is 9.98. The van der Waals surface area contributed by atoms with E-state index in [9.17, 15) is 4.79 Å². The lowest BCUT2D eigenvalue weighted by molar-refractivity contribution is 0.174. The fourth-order valence-electron chi connectivity index (χ4n) is 3.44. The van der Waals surface area contributed by atoms with Gasteiger partial charge in [-0.05, 0) is 36.4 Å². The molecular weight excluding hydrogens is 380 g/mol. The van der Waals surface area contributed by atoms with E-state index in [4.69, 9.17) is 13.9 Å². The Morgan fingerprint density at radius 3 is 3.04 bits per heavy atom. The van der Waals surface area contributed by atoms with Gasteiger partial charge in [0.1, 0.15) is 0 Å². The summed E-state index contributed by atoms with van der Waals surface area (Å²) in [5.41, 5.74) is 1.60. The first kappa shape index (κ1) is 17.1. The lowest BCUT2D eigenvalue weighted by Crippen LogP contribution is -2.41. The molecule has 0 spiro atoms. The van der Waals surface area contributed by atoms with Crippen molar-refractivity contribution in [3.05, 3.63) is 40.9 Å². The highest BCUT2D eigenvalue weighted by Crippen LogP contribution is 2.34. The predicted octanol–water partition coefficient (Wildman–Crippen LogP) is 3.94. The summed E-state index contributed by atoms with van der Waals surface area (Å²) >= 11 is 1.59.